The molecular formula is C21H19N5O2S. The molecule has 1 aromatic heterocycles. The van der Waals surface area contributed by atoms with E-state index in [4.69, 9.17) is 4.74 Å². The predicted octanol–water partition coefficient (Wildman–Crippen LogP) is 5.00. The summed E-state index contributed by atoms with van der Waals surface area (Å²) in [5.74, 6) is 0.321. The van der Waals surface area contributed by atoms with E-state index < -0.39 is 6.04 Å². The lowest BCUT2D eigenvalue weighted by Gasteiger charge is -2.08. The number of rotatable bonds is 5. The zero-order valence-corrected chi connectivity index (χ0v) is 17.1. The number of ether oxygens (including phenoxy) is 1. The number of anilines is 1. The summed E-state index contributed by atoms with van der Waals surface area (Å²) in [5.41, 5.74) is 4.12. The molecule has 1 amide bonds. The first kappa shape index (κ1) is 18.9. The molecule has 29 heavy (non-hydrogen) atoms. The number of hydrogen-bond donors (Lipinski definition) is 0. The Morgan fingerprint density at radius 3 is 2.62 bits per heavy atom. The fraction of sp³-hybridized carbons (Fsp3) is 0.190. The number of methoxy groups -OCH3 is 1. The van der Waals surface area contributed by atoms with Crippen molar-refractivity contribution in [3.05, 3.63) is 59.5 Å². The van der Waals surface area contributed by atoms with E-state index in [-0.39, 0.29) is 5.91 Å². The average molecular weight is 405 g/mol. The van der Waals surface area contributed by atoms with E-state index in [0.717, 1.165) is 11.3 Å². The molecule has 2 heterocycles. The number of azo groups is 1. The third kappa shape index (κ3) is 3.79. The number of thiazole rings is 1. The lowest BCUT2D eigenvalue weighted by molar-refractivity contribution is -0.117. The first-order valence-electron chi connectivity index (χ1n) is 9.02. The molecule has 1 aliphatic rings. The van der Waals surface area contributed by atoms with Gasteiger partial charge in [-0.05, 0) is 26.0 Å². The van der Waals surface area contributed by atoms with Gasteiger partial charge < -0.3 is 4.74 Å². The highest BCUT2D eigenvalue weighted by molar-refractivity contribution is 7.14. The molecule has 0 fully saturated rings. The summed E-state index contributed by atoms with van der Waals surface area (Å²) in [5, 5.41) is 16.5. The monoisotopic (exact) mass is 405 g/mol. The van der Waals surface area contributed by atoms with Gasteiger partial charge in [0, 0.05) is 10.9 Å². The molecule has 0 radical (unpaired) electrons. The third-order valence-corrected chi connectivity index (χ3v) is 5.30. The second-order valence-electron chi connectivity index (χ2n) is 6.56. The van der Waals surface area contributed by atoms with Crippen LogP contribution < -0.4 is 9.75 Å². The molecule has 7 nitrogen and oxygen atoms in total. The Labute approximate surface area is 172 Å². The Morgan fingerprint density at radius 1 is 1.10 bits per heavy atom. The van der Waals surface area contributed by atoms with Gasteiger partial charge in [0.15, 0.2) is 6.04 Å². The van der Waals surface area contributed by atoms with Crippen LogP contribution in [0.3, 0.4) is 0 Å². The molecule has 0 aliphatic carbocycles. The summed E-state index contributed by atoms with van der Waals surface area (Å²) in [6, 6.07) is 14.6. The van der Waals surface area contributed by atoms with Gasteiger partial charge in [-0.15, -0.1) is 11.3 Å². The molecular weight excluding hydrogens is 386 g/mol. The van der Waals surface area contributed by atoms with Crippen LogP contribution in [0, 0.1) is 6.92 Å². The minimum atomic E-state index is -0.772. The van der Waals surface area contributed by atoms with Crippen LogP contribution in [0.2, 0.25) is 0 Å². The first-order chi connectivity index (χ1) is 14.1. The number of benzene rings is 2. The van der Waals surface area contributed by atoms with Gasteiger partial charge in [-0.25, -0.2) is 4.98 Å². The van der Waals surface area contributed by atoms with Crippen LogP contribution in [0.4, 0.5) is 10.8 Å². The van der Waals surface area contributed by atoms with Crippen molar-refractivity contribution >= 4 is 33.8 Å². The largest absolute Gasteiger partial charge is 0.494 e. The molecule has 146 valence electrons. The maximum Gasteiger partial charge on any atom is 0.282 e. The van der Waals surface area contributed by atoms with Gasteiger partial charge in [-0.1, -0.05) is 42.0 Å². The van der Waals surface area contributed by atoms with E-state index >= 15 is 0 Å². The van der Waals surface area contributed by atoms with Gasteiger partial charge in [-0.2, -0.15) is 20.3 Å². The normalized spacial score (nSPS) is 16.5. The van der Waals surface area contributed by atoms with Crippen molar-refractivity contribution in [2.75, 3.05) is 12.1 Å². The molecule has 4 rings (SSSR count). The van der Waals surface area contributed by atoms with E-state index in [2.05, 4.69) is 20.3 Å². The predicted molar refractivity (Wildman–Crippen MR) is 114 cm³/mol. The van der Waals surface area contributed by atoms with Crippen LogP contribution in [0.1, 0.15) is 12.5 Å². The fourth-order valence-electron chi connectivity index (χ4n) is 2.88. The lowest BCUT2D eigenvalue weighted by Crippen LogP contribution is -2.29. The Bertz CT molecular complexity index is 1100. The molecule has 0 bridgehead atoms. The molecule has 3 aromatic rings. The molecule has 0 saturated heterocycles. The molecule has 0 spiro atoms. The summed E-state index contributed by atoms with van der Waals surface area (Å²) < 4.78 is 5.27. The Kier molecular flexibility index (Phi) is 5.18. The SMILES string of the molecule is COc1ccccc1N=NC1C(=O)N(c2nc(-c3ccc(C)cc3)cs2)N=C1C. The minimum absolute atomic E-state index is 0.272. The number of carbonyl (C=O) groups is 1. The van der Waals surface area contributed by atoms with Crippen LogP contribution in [0.5, 0.6) is 5.75 Å². The van der Waals surface area contributed by atoms with Gasteiger partial charge in [0.1, 0.15) is 11.4 Å². The van der Waals surface area contributed by atoms with Crippen molar-refractivity contribution in [3.63, 3.8) is 0 Å². The average Bonchev–Trinajstić information content (AvgIpc) is 3.32. The van der Waals surface area contributed by atoms with Crippen molar-refractivity contribution in [1.29, 1.82) is 0 Å². The Morgan fingerprint density at radius 2 is 1.86 bits per heavy atom. The second-order valence-corrected chi connectivity index (χ2v) is 7.40. The molecule has 1 aliphatic heterocycles. The number of carbonyl (C=O) groups excluding carboxylic acids is 1. The summed E-state index contributed by atoms with van der Waals surface area (Å²) in [6.07, 6.45) is 0. The summed E-state index contributed by atoms with van der Waals surface area (Å²) in [4.78, 5) is 17.5. The number of aromatic nitrogens is 1. The fourth-order valence-corrected chi connectivity index (χ4v) is 3.66. The Hall–Kier alpha value is -3.39. The summed E-state index contributed by atoms with van der Waals surface area (Å²) >= 11 is 1.37. The maximum atomic E-state index is 12.9. The standard InChI is InChI=1S/C21H19N5O2S/c1-13-8-10-15(11-9-13)17-12-29-21(22-17)26-20(27)19(14(2)25-26)24-23-16-6-4-5-7-18(16)28-3/h4-12,19H,1-3H3. The highest BCUT2D eigenvalue weighted by atomic mass is 32.1. The molecule has 8 heteroatoms. The van der Waals surface area contributed by atoms with Crippen molar-refractivity contribution in [1.82, 2.24) is 4.98 Å². The van der Waals surface area contributed by atoms with Crippen molar-refractivity contribution in [2.45, 2.75) is 19.9 Å². The number of hydrazone groups is 1. The zero-order valence-electron chi connectivity index (χ0n) is 16.2. The third-order valence-electron chi connectivity index (χ3n) is 4.48. The highest BCUT2D eigenvalue weighted by Gasteiger charge is 2.36. The summed E-state index contributed by atoms with van der Waals surface area (Å²) in [7, 11) is 1.57. The van der Waals surface area contributed by atoms with Crippen LogP contribution in [-0.2, 0) is 4.79 Å². The molecule has 0 N–H and O–H groups in total. The Balaban J connectivity index is 1.55. The number of hydrogen-bond acceptors (Lipinski definition) is 7. The first-order valence-corrected chi connectivity index (χ1v) is 9.90. The van der Waals surface area contributed by atoms with E-state index in [0.29, 0.717) is 22.3 Å². The second kappa shape index (κ2) is 7.92. The number of nitrogens with zero attached hydrogens (tertiary/aromatic N) is 5. The van der Waals surface area contributed by atoms with Crippen LogP contribution in [0.25, 0.3) is 11.3 Å². The molecule has 2 aromatic carbocycles. The zero-order chi connectivity index (χ0) is 20.4. The van der Waals surface area contributed by atoms with E-state index in [1.165, 1.54) is 21.9 Å². The lowest BCUT2D eigenvalue weighted by atomic mass is 10.1. The maximum absolute atomic E-state index is 12.9. The van der Waals surface area contributed by atoms with Gasteiger partial charge in [0.05, 0.1) is 18.5 Å². The van der Waals surface area contributed by atoms with E-state index in [1.807, 2.05) is 48.7 Å². The van der Waals surface area contributed by atoms with Gasteiger partial charge in [0.25, 0.3) is 5.91 Å². The highest BCUT2D eigenvalue weighted by Crippen LogP contribution is 2.31. The number of amides is 1. The minimum Gasteiger partial charge on any atom is -0.494 e. The summed E-state index contributed by atoms with van der Waals surface area (Å²) in [6.45, 7) is 3.80. The van der Waals surface area contributed by atoms with Gasteiger partial charge in [0.2, 0.25) is 5.13 Å². The number of aryl methyl sites for hydroxylation is 1. The topological polar surface area (TPSA) is 79.5 Å². The number of para-hydroxylation sites is 1. The van der Waals surface area contributed by atoms with Crippen molar-refractivity contribution in [2.24, 2.45) is 15.3 Å². The van der Waals surface area contributed by atoms with Crippen LogP contribution in [0.15, 0.2) is 69.2 Å². The molecule has 1 unspecified atom stereocenters. The van der Waals surface area contributed by atoms with Crippen LogP contribution >= 0.6 is 11.3 Å². The quantitative estimate of drug-likeness (QED) is 0.560. The van der Waals surface area contributed by atoms with E-state index in [1.54, 1.807) is 26.2 Å². The van der Waals surface area contributed by atoms with E-state index in [9.17, 15) is 4.79 Å². The van der Waals surface area contributed by atoms with Crippen molar-refractivity contribution in [3.8, 4) is 17.0 Å². The van der Waals surface area contributed by atoms with Crippen LogP contribution in [-0.4, -0.2) is 29.8 Å². The molecule has 0 saturated carbocycles. The van der Waals surface area contributed by atoms with Gasteiger partial charge >= 0.3 is 0 Å². The smallest absolute Gasteiger partial charge is 0.282 e. The molecule has 1 atom stereocenters. The van der Waals surface area contributed by atoms with Crippen molar-refractivity contribution < 1.29 is 9.53 Å². The van der Waals surface area contributed by atoms with Gasteiger partial charge in [-0.3, -0.25) is 4.79 Å².